The van der Waals surface area contributed by atoms with E-state index < -0.39 is 16.1 Å². The van der Waals surface area contributed by atoms with Gasteiger partial charge in [-0.2, -0.15) is 4.31 Å². The molecule has 0 radical (unpaired) electrons. The molecule has 28 heavy (non-hydrogen) atoms. The molecule has 2 aromatic heterocycles. The van der Waals surface area contributed by atoms with Crippen molar-refractivity contribution in [1.29, 1.82) is 0 Å². The number of nitrogens with zero attached hydrogens (tertiary/aromatic N) is 2. The van der Waals surface area contributed by atoms with E-state index in [0.29, 0.717) is 18.1 Å². The second-order valence-electron chi connectivity index (χ2n) is 6.40. The Labute approximate surface area is 171 Å². The maximum atomic E-state index is 13.0. The summed E-state index contributed by atoms with van der Waals surface area (Å²) in [5.41, 5.74) is 0.757. The standard InChI is InChI=1S/C18H19N3O4S3/c1-25-12-7-8-13-15(11-12)27-18(19-13)20-17(22)14-5-2-3-9-21(14)28(23,24)16-6-4-10-26-16/h4,6-8,10-11,14H,2-3,5,9H2,1H3,(H,19,20,22). The third kappa shape index (κ3) is 3.64. The normalized spacial score (nSPS) is 18.2. The second kappa shape index (κ2) is 7.78. The molecule has 0 bridgehead atoms. The van der Waals surface area contributed by atoms with Gasteiger partial charge in [0.1, 0.15) is 16.0 Å². The van der Waals surface area contributed by atoms with Gasteiger partial charge in [0, 0.05) is 6.54 Å². The fourth-order valence-electron chi connectivity index (χ4n) is 3.25. The molecule has 7 nitrogen and oxygen atoms in total. The zero-order valence-corrected chi connectivity index (χ0v) is 17.6. The average Bonchev–Trinajstić information content (AvgIpc) is 3.37. The van der Waals surface area contributed by atoms with E-state index in [1.165, 1.54) is 15.6 Å². The molecule has 0 aliphatic carbocycles. The van der Waals surface area contributed by atoms with Gasteiger partial charge in [0.2, 0.25) is 5.91 Å². The Bertz CT molecular complexity index is 1090. The largest absolute Gasteiger partial charge is 0.497 e. The molecular weight excluding hydrogens is 418 g/mol. The highest BCUT2D eigenvalue weighted by atomic mass is 32.2. The summed E-state index contributed by atoms with van der Waals surface area (Å²) in [6, 6.07) is 8.04. The average molecular weight is 438 g/mol. The van der Waals surface area contributed by atoms with Crippen LogP contribution in [-0.4, -0.2) is 43.3 Å². The fraction of sp³-hybridized carbons (Fsp3) is 0.333. The molecule has 3 heterocycles. The molecule has 10 heteroatoms. The maximum absolute atomic E-state index is 13.0. The molecule has 1 amide bonds. The van der Waals surface area contributed by atoms with Crippen molar-refractivity contribution in [3.63, 3.8) is 0 Å². The highest BCUT2D eigenvalue weighted by Crippen LogP contribution is 2.31. The Morgan fingerprint density at radius 1 is 1.32 bits per heavy atom. The highest BCUT2D eigenvalue weighted by Gasteiger charge is 2.38. The first-order valence-electron chi connectivity index (χ1n) is 8.80. The second-order valence-corrected chi connectivity index (χ2v) is 10.5. The van der Waals surface area contributed by atoms with Crippen LogP contribution in [0.15, 0.2) is 39.9 Å². The lowest BCUT2D eigenvalue weighted by Gasteiger charge is -2.32. The summed E-state index contributed by atoms with van der Waals surface area (Å²) in [5.74, 6) is 0.375. The van der Waals surface area contributed by atoms with E-state index >= 15 is 0 Å². The lowest BCUT2D eigenvalue weighted by Crippen LogP contribution is -2.49. The van der Waals surface area contributed by atoms with Gasteiger partial charge in [-0.05, 0) is 42.5 Å². The molecule has 4 rings (SSSR count). The van der Waals surface area contributed by atoms with Gasteiger partial charge < -0.3 is 10.1 Å². The molecule has 1 fully saturated rings. The van der Waals surface area contributed by atoms with Gasteiger partial charge >= 0.3 is 0 Å². The summed E-state index contributed by atoms with van der Waals surface area (Å²) in [6.07, 6.45) is 2.05. The van der Waals surface area contributed by atoms with E-state index in [0.717, 1.165) is 40.1 Å². The molecule has 0 saturated carbocycles. The summed E-state index contributed by atoms with van der Waals surface area (Å²) in [4.78, 5) is 17.3. The van der Waals surface area contributed by atoms with Crippen LogP contribution in [0.1, 0.15) is 19.3 Å². The van der Waals surface area contributed by atoms with Crippen molar-refractivity contribution >= 4 is 54.0 Å². The summed E-state index contributed by atoms with van der Waals surface area (Å²) >= 11 is 2.50. The molecule has 1 aliphatic rings. The predicted octanol–water partition coefficient (Wildman–Crippen LogP) is 3.55. The number of piperidine rings is 1. The number of methoxy groups -OCH3 is 1. The van der Waals surface area contributed by atoms with Crippen molar-refractivity contribution in [3.05, 3.63) is 35.7 Å². The summed E-state index contributed by atoms with van der Waals surface area (Å²) in [6.45, 7) is 0.343. The van der Waals surface area contributed by atoms with Gasteiger partial charge in [-0.3, -0.25) is 4.79 Å². The maximum Gasteiger partial charge on any atom is 0.253 e. The number of carbonyl (C=O) groups excluding carboxylic acids is 1. The lowest BCUT2D eigenvalue weighted by molar-refractivity contribution is -0.120. The van der Waals surface area contributed by atoms with Crippen LogP contribution in [0.5, 0.6) is 5.75 Å². The van der Waals surface area contributed by atoms with Crippen molar-refractivity contribution in [2.45, 2.75) is 29.5 Å². The molecule has 1 N–H and O–H groups in total. The molecule has 1 aliphatic heterocycles. The third-order valence-corrected chi connectivity index (χ3v) is 8.85. The smallest absolute Gasteiger partial charge is 0.253 e. The van der Waals surface area contributed by atoms with Crippen LogP contribution < -0.4 is 10.1 Å². The monoisotopic (exact) mass is 437 g/mol. The number of fused-ring (bicyclic) bond motifs is 1. The Morgan fingerprint density at radius 3 is 2.93 bits per heavy atom. The molecule has 148 valence electrons. The first kappa shape index (κ1) is 19.3. The number of benzene rings is 1. The number of ether oxygens (including phenoxy) is 1. The minimum atomic E-state index is -3.68. The van der Waals surface area contributed by atoms with Crippen molar-refractivity contribution < 1.29 is 17.9 Å². The Hall–Kier alpha value is -2.01. The third-order valence-electron chi connectivity index (χ3n) is 4.64. The van der Waals surface area contributed by atoms with Gasteiger partial charge in [0.25, 0.3) is 10.0 Å². The number of thiophene rings is 1. The van der Waals surface area contributed by atoms with Crippen molar-refractivity contribution in [2.75, 3.05) is 19.0 Å². The number of anilines is 1. The van der Waals surface area contributed by atoms with E-state index in [-0.39, 0.29) is 10.1 Å². The van der Waals surface area contributed by atoms with E-state index in [1.54, 1.807) is 24.6 Å². The molecule has 1 atom stereocenters. The number of hydrogen-bond acceptors (Lipinski definition) is 7. The number of amides is 1. The van der Waals surface area contributed by atoms with E-state index in [9.17, 15) is 13.2 Å². The molecule has 0 spiro atoms. The predicted molar refractivity (Wildman–Crippen MR) is 111 cm³/mol. The van der Waals surface area contributed by atoms with Crippen molar-refractivity contribution in [2.24, 2.45) is 0 Å². The lowest BCUT2D eigenvalue weighted by atomic mass is 10.0. The SMILES string of the molecule is COc1ccc2nc(NC(=O)C3CCCCN3S(=O)(=O)c3cccs3)sc2c1. The molecule has 3 aromatic rings. The topological polar surface area (TPSA) is 88.6 Å². The summed E-state index contributed by atoms with van der Waals surface area (Å²) in [7, 11) is -2.09. The van der Waals surface area contributed by atoms with Crippen molar-refractivity contribution in [3.8, 4) is 5.75 Å². The first-order chi connectivity index (χ1) is 13.5. The number of carbonyl (C=O) groups is 1. The Morgan fingerprint density at radius 2 is 2.18 bits per heavy atom. The minimum absolute atomic E-state index is 0.263. The number of sulfonamides is 1. The number of nitrogens with one attached hydrogen (secondary N) is 1. The van der Waals surface area contributed by atoms with E-state index in [2.05, 4.69) is 10.3 Å². The highest BCUT2D eigenvalue weighted by molar-refractivity contribution is 7.91. The van der Waals surface area contributed by atoms with Crippen LogP contribution in [-0.2, 0) is 14.8 Å². The molecular formula is C18H19N3O4S3. The molecule has 1 unspecified atom stereocenters. The molecule has 1 aromatic carbocycles. The number of hydrogen-bond donors (Lipinski definition) is 1. The summed E-state index contributed by atoms with van der Waals surface area (Å²) < 4.78 is 33.6. The fourth-order valence-corrected chi connectivity index (χ4v) is 6.93. The molecule has 1 saturated heterocycles. The Balaban J connectivity index is 1.57. The van der Waals surface area contributed by atoms with Crippen LogP contribution >= 0.6 is 22.7 Å². The number of aromatic nitrogens is 1. The number of thiazole rings is 1. The van der Waals surface area contributed by atoms with Gasteiger partial charge in [-0.1, -0.05) is 23.8 Å². The van der Waals surface area contributed by atoms with Gasteiger partial charge in [-0.15, -0.1) is 11.3 Å². The van der Waals surface area contributed by atoms with Gasteiger partial charge in [0.15, 0.2) is 5.13 Å². The first-order valence-corrected chi connectivity index (χ1v) is 11.9. The minimum Gasteiger partial charge on any atom is -0.497 e. The van der Waals surface area contributed by atoms with Crippen LogP contribution in [0, 0.1) is 0 Å². The Kier molecular flexibility index (Phi) is 5.37. The zero-order valence-electron chi connectivity index (χ0n) is 15.1. The van der Waals surface area contributed by atoms with E-state index in [4.69, 9.17) is 4.74 Å². The summed E-state index contributed by atoms with van der Waals surface area (Å²) in [5, 5.41) is 4.99. The quantitative estimate of drug-likeness (QED) is 0.659. The van der Waals surface area contributed by atoms with Gasteiger partial charge in [-0.25, -0.2) is 13.4 Å². The zero-order chi connectivity index (χ0) is 19.7. The van der Waals surface area contributed by atoms with Crippen molar-refractivity contribution in [1.82, 2.24) is 9.29 Å². The van der Waals surface area contributed by atoms with Crippen LogP contribution in [0.3, 0.4) is 0 Å². The number of rotatable bonds is 5. The van der Waals surface area contributed by atoms with Crippen LogP contribution in [0.4, 0.5) is 5.13 Å². The van der Waals surface area contributed by atoms with Gasteiger partial charge in [0.05, 0.1) is 17.3 Å². The van der Waals surface area contributed by atoms with Crippen LogP contribution in [0.25, 0.3) is 10.2 Å². The van der Waals surface area contributed by atoms with E-state index in [1.807, 2.05) is 18.2 Å². The van der Waals surface area contributed by atoms with Crippen LogP contribution in [0.2, 0.25) is 0 Å².